The van der Waals surface area contributed by atoms with Crippen LogP contribution in [0.5, 0.6) is 23.0 Å². The van der Waals surface area contributed by atoms with Crippen molar-refractivity contribution in [2.24, 2.45) is 9.98 Å². The lowest BCUT2D eigenvalue weighted by Gasteiger charge is -2.24. The van der Waals surface area contributed by atoms with Gasteiger partial charge in [0, 0.05) is 13.1 Å². The summed E-state index contributed by atoms with van der Waals surface area (Å²) < 4.78 is 21.8. The normalized spacial score (nSPS) is 16.0. The number of aliphatic imine (C=N–C) groups is 2. The van der Waals surface area contributed by atoms with Crippen molar-refractivity contribution in [3.05, 3.63) is 131 Å². The van der Waals surface area contributed by atoms with E-state index in [4.69, 9.17) is 28.9 Å². The van der Waals surface area contributed by atoms with Gasteiger partial charge >= 0.3 is 0 Å². The number of hydrogen-bond acceptors (Lipinski definition) is 8. The van der Waals surface area contributed by atoms with E-state index in [9.17, 15) is 9.59 Å². The number of methoxy groups -OCH3 is 4. The average Bonchev–Trinajstić information content (AvgIpc) is 3.61. The van der Waals surface area contributed by atoms with Crippen molar-refractivity contribution in [1.29, 1.82) is 0 Å². The maximum Gasteiger partial charge on any atom is 0.278 e. The van der Waals surface area contributed by atoms with E-state index in [1.165, 1.54) is 0 Å². The van der Waals surface area contributed by atoms with Crippen LogP contribution < -0.4 is 18.9 Å². The standard InChI is InChI=1S/C38H34N4O6/c1-45-27-17-13-25(14-18-27)23-31-37(43)41(35(39-31)29-9-5-7-11-33(29)47-3)21-22-42-36(30-10-6-8-12-34(30)48-4)40-32(38(42)44)24-26-15-19-28(46-2)20-16-26/h5-20,23-24H,21-22H2,1-4H3. The Morgan fingerprint density at radius 2 is 0.896 bits per heavy atom. The molecule has 2 amide bonds. The lowest BCUT2D eigenvalue weighted by molar-refractivity contribution is -0.125. The van der Waals surface area contributed by atoms with Gasteiger partial charge in [0.05, 0.1) is 39.6 Å². The molecule has 10 heteroatoms. The molecule has 0 fully saturated rings. The molecular weight excluding hydrogens is 608 g/mol. The van der Waals surface area contributed by atoms with E-state index in [0.717, 1.165) is 11.1 Å². The minimum absolute atomic E-state index is 0.130. The Morgan fingerprint density at radius 1 is 0.521 bits per heavy atom. The van der Waals surface area contributed by atoms with Crippen LogP contribution in [0.1, 0.15) is 22.3 Å². The first kappa shape index (κ1) is 31.8. The van der Waals surface area contributed by atoms with Crippen LogP contribution in [0.4, 0.5) is 0 Å². The topological polar surface area (TPSA) is 102 Å². The van der Waals surface area contributed by atoms with E-state index in [-0.39, 0.29) is 36.3 Å². The predicted octanol–water partition coefficient (Wildman–Crippen LogP) is 5.68. The van der Waals surface area contributed by atoms with Gasteiger partial charge in [-0.05, 0) is 71.8 Å². The zero-order chi connectivity index (χ0) is 33.6. The largest absolute Gasteiger partial charge is 0.497 e. The molecule has 0 atom stereocenters. The fourth-order valence-corrected chi connectivity index (χ4v) is 5.50. The van der Waals surface area contributed by atoms with E-state index in [0.29, 0.717) is 45.8 Å². The van der Waals surface area contributed by atoms with Gasteiger partial charge in [-0.2, -0.15) is 0 Å². The molecule has 0 spiro atoms. The molecule has 0 saturated heterocycles. The van der Waals surface area contributed by atoms with Crippen molar-refractivity contribution in [3.8, 4) is 23.0 Å². The number of ether oxygens (including phenoxy) is 4. The molecule has 0 aliphatic carbocycles. The Morgan fingerprint density at radius 3 is 1.25 bits per heavy atom. The van der Waals surface area contributed by atoms with E-state index >= 15 is 0 Å². The first-order chi connectivity index (χ1) is 23.4. The minimum atomic E-state index is -0.303. The van der Waals surface area contributed by atoms with Gasteiger partial charge < -0.3 is 18.9 Å². The number of para-hydroxylation sites is 2. The number of amides is 2. The summed E-state index contributed by atoms with van der Waals surface area (Å²) >= 11 is 0. The van der Waals surface area contributed by atoms with Crippen LogP contribution in [0.2, 0.25) is 0 Å². The summed E-state index contributed by atoms with van der Waals surface area (Å²) in [5, 5.41) is 0. The zero-order valence-electron chi connectivity index (χ0n) is 27.0. The molecule has 0 N–H and O–H groups in total. The summed E-state index contributed by atoms with van der Waals surface area (Å²) in [6.07, 6.45) is 3.46. The summed E-state index contributed by atoms with van der Waals surface area (Å²) in [5.41, 5.74) is 3.39. The fraction of sp³-hybridized carbons (Fsp3) is 0.158. The van der Waals surface area contributed by atoms with Crippen LogP contribution in [0.25, 0.3) is 12.2 Å². The highest BCUT2D eigenvalue weighted by Crippen LogP contribution is 2.30. The SMILES string of the molecule is COc1ccc(C=C2N=C(c3ccccc3OC)N(CCN3C(=O)C(=Cc4ccc(OC)cc4)N=C3c3ccccc3OC)C2=O)cc1. The molecule has 0 radical (unpaired) electrons. The third kappa shape index (κ3) is 6.41. The third-order valence-corrected chi connectivity index (χ3v) is 7.97. The van der Waals surface area contributed by atoms with E-state index < -0.39 is 0 Å². The van der Waals surface area contributed by atoms with Gasteiger partial charge in [-0.25, -0.2) is 9.98 Å². The molecule has 2 aliphatic heterocycles. The van der Waals surface area contributed by atoms with Gasteiger partial charge in [0.15, 0.2) is 0 Å². The highest BCUT2D eigenvalue weighted by Gasteiger charge is 2.36. The van der Waals surface area contributed by atoms with Gasteiger partial charge in [0.2, 0.25) is 0 Å². The summed E-state index contributed by atoms with van der Waals surface area (Å²) in [5.74, 6) is 2.79. The quantitative estimate of drug-likeness (QED) is 0.195. The maximum atomic E-state index is 14.0. The molecule has 2 heterocycles. The molecule has 6 rings (SSSR count). The van der Waals surface area contributed by atoms with Crippen molar-refractivity contribution in [2.75, 3.05) is 41.5 Å². The molecule has 0 unspecified atom stereocenters. The van der Waals surface area contributed by atoms with Crippen LogP contribution >= 0.6 is 0 Å². The lowest BCUT2D eigenvalue weighted by Crippen LogP contribution is -2.43. The molecule has 48 heavy (non-hydrogen) atoms. The molecule has 0 saturated carbocycles. The summed E-state index contributed by atoms with van der Waals surface area (Å²) in [7, 11) is 6.35. The molecule has 242 valence electrons. The number of carbonyl (C=O) groups excluding carboxylic acids is 2. The molecular formula is C38H34N4O6. The Kier molecular flexibility index (Phi) is 9.33. The molecule has 0 aromatic heterocycles. The second-order valence-corrected chi connectivity index (χ2v) is 10.8. The number of carbonyl (C=O) groups is 2. The Balaban J connectivity index is 1.35. The van der Waals surface area contributed by atoms with Gasteiger partial charge in [0.1, 0.15) is 46.1 Å². The Labute approximate surface area is 278 Å². The second kappa shape index (κ2) is 14.1. The van der Waals surface area contributed by atoms with Crippen LogP contribution in [-0.4, -0.2) is 74.8 Å². The highest BCUT2D eigenvalue weighted by atomic mass is 16.5. The van der Waals surface area contributed by atoms with E-state index in [2.05, 4.69) is 0 Å². The Bertz CT molecular complexity index is 1820. The monoisotopic (exact) mass is 642 g/mol. The molecule has 4 aromatic rings. The van der Waals surface area contributed by atoms with Crippen LogP contribution in [0.3, 0.4) is 0 Å². The van der Waals surface area contributed by atoms with Crippen LogP contribution in [-0.2, 0) is 9.59 Å². The number of amidine groups is 2. The number of hydrogen-bond donors (Lipinski definition) is 0. The minimum Gasteiger partial charge on any atom is -0.497 e. The molecule has 2 aliphatic rings. The number of benzene rings is 4. The van der Waals surface area contributed by atoms with Gasteiger partial charge in [-0.15, -0.1) is 0 Å². The maximum absolute atomic E-state index is 14.0. The summed E-state index contributed by atoms with van der Waals surface area (Å²) in [6.45, 7) is 0.261. The number of nitrogens with zero attached hydrogens (tertiary/aromatic N) is 4. The Hall–Kier alpha value is -6.16. The highest BCUT2D eigenvalue weighted by molar-refractivity contribution is 6.22. The first-order valence-corrected chi connectivity index (χ1v) is 15.2. The van der Waals surface area contributed by atoms with Gasteiger partial charge in [-0.1, -0.05) is 48.5 Å². The van der Waals surface area contributed by atoms with Gasteiger partial charge in [0.25, 0.3) is 11.8 Å². The summed E-state index contributed by atoms with van der Waals surface area (Å²) in [6, 6.07) is 29.5. The van der Waals surface area contributed by atoms with Crippen molar-refractivity contribution in [1.82, 2.24) is 9.80 Å². The predicted molar refractivity (Wildman–Crippen MR) is 184 cm³/mol. The lowest BCUT2D eigenvalue weighted by atomic mass is 10.1. The first-order valence-electron chi connectivity index (χ1n) is 15.2. The van der Waals surface area contributed by atoms with Crippen molar-refractivity contribution < 1.29 is 28.5 Å². The second-order valence-electron chi connectivity index (χ2n) is 10.8. The van der Waals surface area contributed by atoms with Crippen LogP contribution in [0.15, 0.2) is 118 Å². The summed E-state index contributed by atoms with van der Waals surface area (Å²) in [4.78, 5) is 40.8. The van der Waals surface area contributed by atoms with Crippen molar-refractivity contribution in [3.63, 3.8) is 0 Å². The van der Waals surface area contributed by atoms with Gasteiger partial charge in [-0.3, -0.25) is 19.4 Å². The van der Waals surface area contributed by atoms with Crippen LogP contribution in [0, 0.1) is 0 Å². The number of rotatable bonds is 11. The van der Waals surface area contributed by atoms with E-state index in [1.807, 2.05) is 97.1 Å². The molecule has 0 bridgehead atoms. The molecule has 4 aromatic carbocycles. The van der Waals surface area contributed by atoms with Crippen molar-refractivity contribution in [2.45, 2.75) is 0 Å². The van der Waals surface area contributed by atoms with Crippen molar-refractivity contribution >= 4 is 35.6 Å². The van der Waals surface area contributed by atoms with E-state index in [1.54, 1.807) is 50.4 Å². The smallest absolute Gasteiger partial charge is 0.278 e. The third-order valence-electron chi connectivity index (χ3n) is 7.97. The molecule has 10 nitrogen and oxygen atoms in total. The zero-order valence-corrected chi connectivity index (χ0v) is 27.0. The average molecular weight is 643 g/mol. The fourth-order valence-electron chi connectivity index (χ4n) is 5.50.